The molecule has 2 aliphatic rings. The number of aromatic nitrogens is 2. The van der Waals surface area contributed by atoms with Gasteiger partial charge in [-0.15, -0.1) is 0 Å². The number of nitrogens with one attached hydrogen (secondary N) is 3. The number of ether oxygens (including phenoxy) is 2. The maximum atomic E-state index is 12.2. The number of pyridine rings is 2. The molecule has 5 aromatic carbocycles. The number of hydrogen-bond acceptors (Lipinski definition) is 8. The molecule has 5 N–H and O–H groups in total. The van der Waals surface area contributed by atoms with Crippen LogP contribution in [0, 0.1) is 0 Å². The zero-order valence-electron chi connectivity index (χ0n) is 29.4. The molecule has 9 heteroatoms. The van der Waals surface area contributed by atoms with E-state index in [1.54, 1.807) is 31.4 Å². The number of nitrogens with zero attached hydrogens (tertiary/aromatic N) is 2. The molecule has 1 amide bonds. The highest BCUT2D eigenvalue weighted by Crippen LogP contribution is 2.35. The van der Waals surface area contributed by atoms with Crippen molar-refractivity contribution in [2.75, 3.05) is 28.8 Å². The molecule has 0 bridgehead atoms. The van der Waals surface area contributed by atoms with Gasteiger partial charge >= 0.3 is 6.09 Å². The Morgan fingerprint density at radius 3 is 1.79 bits per heavy atom. The lowest BCUT2D eigenvalue weighted by atomic mass is 10.1. The van der Waals surface area contributed by atoms with E-state index in [-0.39, 0.29) is 6.04 Å². The first-order valence-corrected chi connectivity index (χ1v) is 17.9. The molecule has 7 aromatic rings. The molecule has 0 spiro atoms. The summed E-state index contributed by atoms with van der Waals surface area (Å²) in [5, 5.41) is 11.9. The van der Waals surface area contributed by atoms with Gasteiger partial charge in [0.15, 0.2) is 0 Å². The van der Waals surface area contributed by atoms with Gasteiger partial charge in [0, 0.05) is 22.1 Å². The number of anilines is 4. The molecule has 53 heavy (non-hydrogen) atoms. The molecule has 0 unspecified atom stereocenters. The van der Waals surface area contributed by atoms with Crippen molar-refractivity contribution in [2.24, 2.45) is 0 Å². The van der Waals surface area contributed by atoms with Gasteiger partial charge in [0.1, 0.15) is 23.1 Å². The third kappa shape index (κ3) is 7.69. The lowest BCUT2D eigenvalue weighted by Crippen LogP contribution is -2.16. The first-order valence-electron chi connectivity index (χ1n) is 17.9. The van der Waals surface area contributed by atoms with Gasteiger partial charge in [0.25, 0.3) is 0 Å². The van der Waals surface area contributed by atoms with E-state index in [0.717, 1.165) is 64.8 Å². The Labute approximate surface area is 308 Å². The maximum Gasteiger partial charge on any atom is 0.417 e. The first kappa shape index (κ1) is 33.5. The van der Waals surface area contributed by atoms with E-state index in [1.807, 2.05) is 54.6 Å². The van der Waals surface area contributed by atoms with E-state index in [9.17, 15) is 4.79 Å². The van der Waals surface area contributed by atoms with E-state index >= 15 is 0 Å². The predicted molar refractivity (Wildman–Crippen MR) is 213 cm³/mol. The monoisotopic (exact) mass is 700 g/mol. The van der Waals surface area contributed by atoms with E-state index in [2.05, 4.69) is 75.5 Å². The number of hydrogen-bond donors (Lipinski definition) is 4. The number of rotatable bonds is 7. The molecule has 0 aliphatic heterocycles. The maximum absolute atomic E-state index is 12.2. The molecule has 0 saturated carbocycles. The number of carbonyl (C=O) groups is 1. The lowest BCUT2D eigenvalue weighted by Gasteiger charge is -2.15. The number of benzene rings is 5. The van der Waals surface area contributed by atoms with Crippen LogP contribution in [-0.2, 0) is 12.8 Å². The van der Waals surface area contributed by atoms with Gasteiger partial charge < -0.3 is 25.8 Å². The molecule has 9 nitrogen and oxygen atoms in total. The summed E-state index contributed by atoms with van der Waals surface area (Å²) in [6.45, 7) is 0. The van der Waals surface area contributed by atoms with Gasteiger partial charge in [-0.05, 0) is 133 Å². The smallest absolute Gasteiger partial charge is 0.417 e. The second-order valence-corrected chi connectivity index (χ2v) is 13.3. The van der Waals surface area contributed by atoms with Crippen molar-refractivity contribution in [1.82, 2.24) is 9.97 Å². The third-order valence-corrected chi connectivity index (χ3v) is 9.83. The molecule has 264 valence electrons. The normalized spacial score (nSPS) is 15.5. The van der Waals surface area contributed by atoms with E-state index in [1.165, 1.54) is 22.3 Å². The Bertz CT molecular complexity index is 2410. The number of nitrogen functional groups attached to an aromatic ring is 1. The van der Waals surface area contributed by atoms with Crippen LogP contribution in [0.5, 0.6) is 11.5 Å². The molecule has 2 atom stereocenters. The number of nitrogens with two attached hydrogens (primary N) is 1. The van der Waals surface area contributed by atoms with Crippen molar-refractivity contribution < 1.29 is 14.3 Å². The van der Waals surface area contributed by atoms with Crippen LogP contribution in [0.3, 0.4) is 0 Å². The SMILES string of the molecule is COc1ccc(OC(=O)Nc2ccc3nc(N[C@@H]4CCc5ccccc54)ccc3c2)cc1.Nc1ccc2nc(N[C@@H]3CCc4ccccc43)ccc2c1. The van der Waals surface area contributed by atoms with Crippen molar-refractivity contribution in [3.63, 3.8) is 0 Å². The molecule has 2 heterocycles. The van der Waals surface area contributed by atoms with Crippen molar-refractivity contribution >= 4 is 50.9 Å². The van der Waals surface area contributed by atoms with Crippen LogP contribution in [0.15, 0.2) is 133 Å². The fourth-order valence-corrected chi connectivity index (χ4v) is 7.17. The van der Waals surface area contributed by atoms with Gasteiger partial charge in [-0.1, -0.05) is 48.5 Å². The van der Waals surface area contributed by atoms with Gasteiger partial charge in [0.05, 0.1) is 30.2 Å². The Morgan fingerprint density at radius 2 is 1.19 bits per heavy atom. The molecule has 0 fully saturated rings. The van der Waals surface area contributed by atoms with Gasteiger partial charge in [-0.3, -0.25) is 5.32 Å². The fraction of sp³-hybridized carbons (Fsp3) is 0.159. The molecule has 2 aliphatic carbocycles. The Balaban J connectivity index is 0.000000164. The van der Waals surface area contributed by atoms with Crippen LogP contribution >= 0.6 is 0 Å². The highest BCUT2D eigenvalue weighted by atomic mass is 16.6. The minimum atomic E-state index is -0.555. The van der Waals surface area contributed by atoms with Crippen molar-refractivity contribution in [2.45, 2.75) is 37.8 Å². The van der Waals surface area contributed by atoms with Crippen LogP contribution in [0.2, 0.25) is 0 Å². The van der Waals surface area contributed by atoms with E-state index in [0.29, 0.717) is 23.2 Å². The molecule has 9 rings (SSSR count). The number of fused-ring (bicyclic) bond motifs is 4. The number of carbonyl (C=O) groups excluding carboxylic acids is 1. The van der Waals surface area contributed by atoms with E-state index in [4.69, 9.17) is 20.2 Å². The van der Waals surface area contributed by atoms with Crippen LogP contribution in [0.1, 0.15) is 47.2 Å². The second kappa shape index (κ2) is 14.9. The van der Waals surface area contributed by atoms with Crippen LogP contribution in [0.4, 0.5) is 27.8 Å². The molecule has 0 saturated heterocycles. The minimum absolute atomic E-state index is 0.282. The van der Waals surface area contributed by atoms with Crippen LogP contribution in [-0.4, -0.2) is 23.2 Å². The zero-order chi connectivity index (χ0) is 36.1. The average Bonchev–Trinajstić information content (AvgIpc) is 3.79. The quantitative estimate of drug-likeness (QED) is 0.121. The zero-order valence-corrected chi connectivity index (χ0v) is 29.4. The molecular formula is C44H40N6O3. The van der Waals surface area contributed by atoms with Crippen molar-refractivity contribution in [1.29, 1.82) is 0 Å². The Hall–Kier alpha value is -6.61. The average molecular weight is 701 g/mol. The topological polar surface area (TPSA) is 123 Å². The highest BCUT2D eigenvalue weighted by molar-refractivity contribution is 5.91. The summed E-state index contributed by atoms with van der Waals surface area (Å²) < 4.78 is 10.4. The van der Waals surface area contributed by atoms with Crippen LogP contribution in [0.25, 0.3) is 21.8 Å². The van der Waals surface area contributed by atoms with Crippen molar-refractivity contribution in [3.05, 3.63) is 156 Å². The number of amides is 1. The van der Waals surface area contributed by atoms with Gasteiger partial charge in [-0.25, -0.2) is 14.8 Å². The summed E-state index contributed by atoms with van der Waals surface area (Å²) in [6, 6.07) is 44.2. The van der Waals surface area contributed by atoms with Gasteiger partial charge in [0.2, 0.25) is 0 Å². The largest absolute Gasteiger partial charge is 0.497 e. The minimum Gasteiger partial charge on any atom is -0.497 e. The first-order chi connectivity index (χ1) is 26.0. The van der Waals surface area contributed by atoms with Crippen LogP contribution < -0.4 is 31.2 Å². The highest BCUT2D eigenvalue weighted by Gasteiger charge is 2.23. The fourth-order valence-electron chi connectivity index (χ4n) is 7.17. The lowest BCUT2D eigenvalue weighted by molar-refractivity contribution is 0.215. The Morgan fingerprint density at radius 1 is 0.642 bits per heavy atom. The van der Waals surface area contributed by atoms with Gasteiger partial charge in [-0.2, -0.15) is 0 Å². The summed E-state index contributed by atoms with van der Waals surface area (Å²) in [6.07, 6.45) is 3.86. The molecular weight excluding hydrogens is 661 g/mol. The number of methoxy groups -OCH3 is 1. The molecule has 0 radical (unpaired) electrons. The summed E-state index contributed by atoms with van der Waals surface area (Å²) in [5.41, 5.74) is 14.7. The summed E-state index contributed by atoms with van der Waals surface area (Å²) in [5.74, 6) is 2.91. The summed E-state index contributed by atoms with van der Waals surface area (Å²) in [7, 11) is 1.59. The van der Waals surface area contributed by atoms with Crippen molar-refractivity contribution in [3.8, 4) is 11.5 Å². The van der Waals surface area contributed by atoms with E-state index < -0.39 is 6.09 Å². The second-order valence-electron chi connectivity index (χ2n) is 13.3. The number of aryl methyl sites for hydroxylation is 2. The predicted octanol–water partition coefficient (Wildman–Crippen LogP) is 9.87. The Kier molecular flexibility index (Phi) is 9.45. The summed E-state index contributed by atoms with van der Waals surface area (Å²) >= 11 is 0. The summed E-state index contributed by atoms with van der Waals surface area (Å²) in [4.78, 5) is 21.7. The third-order valence-electron chi connectivity index (χ3n) is 9.83. The standard InChI is InChI=1S/C26H23N3O3.C18H17N3/c1-31-20-9-11-21(12-10-20)32-26(30)27-19-8-14-23-18(16-19)7-15-25(28-23)29-24-13-6-17-4-2-3-5-22(17)24;19-14-7-9-16-13(11-14)6-10-18(20-16)21-17-8-5-12-3-1-2-4-15(12)17/h2-5,7-12,14-16,24H,6,13H2,1H3,(H,27,30)(H,28,29);1-4,6-7,9-11,17H,5,8,19H2,(H,20,21)/t24-;17-/m11/s1. The molecule has 2 aromatic heterocycles.